The van der Waals surface area contributed by atoms with E-state index in [1.807, 2.05) is 6.07 Å². The molecule has 0 atom stereocenters. The molecule has 1 saturated carbocycles. The van der Waals surface area contributed by atoms with E-state index in [4.69, 9.17) is 0 Å². The van der Waals surface area contributed by atoms with Gasteiger partial charge in [0.05, 0.1) is 4.92 Å². The Morgan fingerprint density at radius 1 is 1.33 bits per heavy atom. The highest BCUT2D eigenvalue weighted by Gasteiger charge is 2.17. The van der Waals surface area contributed by atoms with Gasteiger partial charge in [-0.3, -0.25) is 10.1 Å². The standard InChI is InChI=1S/C13H17BrN2O2/c1-9-7-12(11(14)8-13(9)16(17)18)15-10-5-3-2-4-6-10/h7-8,10,15H,2-6H2,1H3. The van der Waals surface area contributed by atoms with Gasteiger partial charge in [-0.05, 0) is 41.8 Å². The largest absolute Gasteiger partial charge is 0.381 e. The summed E-state index contributed by atoms with van der Waals surface area (Å²) in [7, 11) is 0. The predicted octanol–water partition coefficient (Wildman–Crippen LogP) is 4.41. The van der Waals surface area contributed by atoms with Crippen LogP contribution in [0.5, 0.6) is 0 Å². The molecule has 1 aromatic carbocycles. The van der Waals surface area contributed by atoms with Gasteiger partial charge in [-0.2, -0.15) is 0 Å². The molecule has 1 N–H and O–H groups in total. The number of halogens is 1. The Kier molecular flexibility index (Phi) is 4.22. The fraction of sp³-hybridized carbons (Fsp3) is 0.538. The van der Waals surface area contributed by atoms with Gasteiger partial charge >= 0.3 is 0 Å². The Balaban J connectivity index is 2.18. The molecule has 1 aromatic rings. The summed E-state index contributed by atoms with van der Waals surface area (Å²) in [4.78, 5) is 10.5. The van der Waals surface area contributed by atoms with Crippen molar-refractivity contribution >= 4 is 27.3 Å². The zero-order chi connectivity index (χ0) is 13.1. The summed E-state index contributed by atoms with van der Waals surface area (Å²) in [5.74, 6) is 0. The third-order valence-corrected chi connectivity index (χ3v) is 4.10. The molecule has 0 radical (unpaired) electrons. The van der Waals surface area contributed by atoms with Crippen molar-refractivity contribution < 1.29 is 4.92 Å². The smallest absolute Gasteiger partial charge is 0.273 e. The highest BCUT2D eigenvalue weighted by Crippen LogP contribution is 2.32. The van der Waals surface area contributed by atoms with Crippen LogP contribution < -0.4 is 5.32 Å². The third kappa shape index (κ3) is 3.02. The SMILES string of the molecule is Cc1cc(NC2CCCCC2)c(Br)cc1[N+](=O)[O-]. The van der Waals surface area contributed by atoms with Crippen molar-refractivity contribution in [3.63, 3.8) is 0 Å². The van der Waals surface area contributed by atoms with E-state index in [-0.39, 0.29) is 10.6 Å². The maximum Gasteiger partial charge on any atom is 0.273 e. The Hall–Kier alpha value is -1.10. The van der Waals surface area contributed by atoms with E-state index in [1.54, 1.807) is 13.0 Å². The molecule has 98 valence electrons. The summed E-state index contributed by atoms with van der Waals surface area (Å²) in [6.07, 6.45) is 6.21. The summed E-state index contributed by atoms with van der Waals surface area (Å²) in [5.41, 5.74) is 1.82. The van der Waals surface area contributed by atoms with Gasteiger partial charge in [-0.25, -0.2) is 0 Å². The third-order valence-electron chi connectivity index (χ3n) is 3.45. The molecule has 1 aliphatic rings. The number of benzene rings is 1. The van der Waals surface area contributed by atoms with E-state index in [2.05, 4.69) is 21.2 Å². The lowest BCUT2D eigenvalue weighted by atomic mass is 9.95. The van der Waals surface area contributed by atoms with Crippen molar-refractivity contribution in [2.24, 2.45) is 0 Å². The average Bonchev–Trinajstić information content (AvgIpc) is 2.34. The molecule has 5 heteroatoms. The maximum absolute atomic E-state index is 10.8. The first-order valence-corrected chi connectivity index (χ1v) is 7.08. The molecular weight excluding hydrogens is 296 g/mol. The number of nitro benzene ring substituents is 1. The molecule has 0 heterocycles. The number of hydrogen-bond acceptors (Lipinski definition) is 3. The quantitative estimate of drug-likeness (QED) is 0.664. The van der Waals surface area contributed by atoms with Crippen molar-refractivity contribution in [2.75, 3.05) is 5.32 Å². The van der Waals surface area contributed by atoms with Crippen LogP contribution in [0.1, 0.15) is 37.7 Å². The van der Waals surface area contributed by atoms with Crippen LogP contribution in [0.25, 0.3) is 0 Å². The van der Waals surface area contributed by atoms with E-state index in [9.17, 15) is 10.1 Å². The van der Waals surface area contributed by atoms with E-state index in [0.29, 0.717) is 11.6 Å². The van der Waals surface area contributed by atoms with Crippen LogP contribution in [-0.4, -0.2) is 11.0 Å². The lowest BCUT2D eigenvalue weighted by molar-refractivity contribution is -0.385. The van der Waals surface area contributed by atoms with Crippen molar-refractivity contribution in [1.29, 1.82) is 0 Å². The van der Waals surface area contributed by atoms with E-state index < -0.39 is 0 Å². The first kappa shape index (κ1) is 13.3. The second-order valence-electron chi connectivity index (χ2n) is 4.85. The number of nitrogens with zero attached hydrogens (tertiary/aromatic N) is 1. The number of nitrogens with one attached hydrogen (secondary N) is 1. The summed E-state index contributed by atoms with van der Waals surface area (Å²) >= 11 is 3.41. The van der Waals surface area contributed by atoms with Gasteiger partial charge < -0.3 is 5.32 Å². The van der Waals surface area contributed by atoms with Crippen molar-refractivity contribution in [1.82, 2.24) is 0 Å². The topological polar surface area (TPSA) is 55.2 Å². The Morgan fingerprint density at radius 3 is 2.61 bits per heavy atom. The molecule has 0 unspecified atom stereocenters. The van der Waals surface area contributed by atoms with Gasteiger partial charge in [0, 0.05) is 27.8 Å². The molecule has 0 aromatic heterocycles. The molecule has 0 saturated heterocycles. The van der Waals surface area contributed by atoms with Crippen LogP contribution >= 0.6 is 15.9 Å². The minimum atomic E-state index is -0.343. The summed E-state index contributed by atoms with van der Waals surface area (Å²) in [6.45, 7) is 1.77. The lowest BCUT2D eigenvalue weighted by Crippen LogP contribution is -2.22. The molecular formula is C13H17BrN2O2. The highest BCUT2D eigenvalue weighted by atomic mass is 79.9. The average molecular weight is 313 g/mol. The predicted molar refractivity (Wildman–Crippen MR) is 76.0 cm³/mol. The molecule has 0 aliphatic heterocycles. The molecule has 4 nitrogen and oxygen atoms in total. The number of anilines is 1. The van der Waals surface area contributed by atoms with Crippen LogP contribution in [0.3, 0.4) is 0 Å². The first-order chi connectivity index (χ1) is 8.58. The van der Waals surface area contributed by atoms with Gasteiger partial charge in [-0.1, -0.05) is 19.3 Å². The van der Waals surface area contributed by atoms with Crippen molar-refractivity contribution in [3.8, 4) is 0 Å². The van der Waals surface area contributed by atoms with Crippen molar-refractivity contribution in [3.05, 3.63) is 32.3 Å². The normalized spacial score (nSPS) is 16.6. The maximum atomic E-state index is 10.8. The minimum Gasteiger partial charge on any atom is -0.381 e. The van der Waals surface area contributed by atoms with Crippen LogP contribution in [0.4, 0.5) is 11.4 Å². The fourth-order valence-corrected chi connectivity index (χ4v) is 2.89. The zero-order valence-electron chi connectivity index (χ0n) is 10.4. The fourth-order valence-electron chi connectivity index (χ4n) is 2.45. The number of aryl methyl sites for hydroxylation is 1. The molecule has 0 amide bonds. The van der Waals surface area contributed by atoms with E-state index in [0.717, 1.165) is 10.2 Å². The molecule has 2 rings (SSSR count). The van der Waals surface area contributed by atoms with Crippen LogP contribution in [-0.2, 0) is 0 Å². The minimum absolute atomic E-state index is 0.163. The zero-order valence-corrected chi connectivity index (χ0v) is 12.0. The number of nitro groups is 1. The highest BCUT2D eigenvalue weighted by molar-refractivity contribution is 9.10. The summed E-state index contributed by atoms with van der Waals surface area (Å²) < 4.78 is 0.769. The van der Waals surface area contributed by atoms with Gasteiger partial charge in [0.1, 0.15) is 0 Å². The van der Waals surface area contributed by atoms with Crippen molar-refractivity contribution in [2.45, 2.75) is 45.1 Å². The lowest BCUT2D eigenvalue weighted by Gasteiger charge is -2.24. The molecule has 18 heavy (non-hydrogen) atoms. The molecule has 1 aliphatic carbocycles. The summed E-state index contributed by atoms with van der Waals surface area (Å²) in [6, 6.07) is 3.94. The molecule has 0 spiro atoms. The van der Waals surface area contributed by atoms with Gasteiger partial charge in [0.15, 0.2) is 0 Å². The molecule has 1 fully saturated rings. The second-order valence-corrected chi connectivity index (χ2v) is 5.71. The number of hydrogen-bond donors (Lipinski definition) is 1. The monoisotopic (exact) mass is 312 g/mol. The Bertz CT molecular complexity index is 457. The number of rotatable bonds is 3. The van der Waals surface area contributed by atoms with Crippen LogP contribution in [0.2, 0.25) is 0 Å². The van der Waals surface area contributed by atoms with Gasteiger partial charge in [-0.15, -0.1) is 0 Å². The second kappa shape index (κ2) is 5.69. The van der Waals surface area contributed by atoms with E-state index in [1.165, 1.54) is 32.1 Å². The summed E-state index contributed by atoms with van der Waals surface area (Å²) in [5, 5.41) is 14.3. The molecule has 0 bridgehead atoms. The Morgan fingerprint density at radius 2 is 2.00 bits per heavy atom. The van der Waals surface area contributed by atoms with Gasteiger partial charge in [0.25, 0.3) is 5.69 Å². The first-order valence-electron chi connectivity index (χ1n) is 6.29. The van der Waals surface area contributed by atoms with Crippen LogP contribution in [0.15, 0.2) is 16.6 Å². The Labute approximate surface area is 115 Å². The van der Waals surface area contributed by atoms with Crippen LogP contribution in [0, 0.1) is 17.0 Å². The van der Waals surface area contributed by atoms with E-state index >= 15 is 0 Å². The van der Waals surface area contributed by atoms with Gasteiger partial charge in [0.2, 0.25) is 0 Å².